The summed E-state index contributed by atoms with van der Waals surface area (Å²) in [6.45, 7) is 4.81. The third-order valence-corrected chi connectivity index (χ3v) is 4.25. The van der Waals surface area contributed by atoms with Gasteiger partial charge in [0.2, 0.25) is 6.73 Å². The summed E-state index contributed by atoms with van der Waals surface area (Å²) in [5.41, 5.74) is 1.98. The van der Waals surface area contributed by atoms with Crippen molar-refractivity contribution in [1.29, 1.82) is 0 Å². The number of quaternary nitrogens is 1. The first-order chi connectivity index (χ1) is 10.6. The average Bonchev–Trinajstić information content (AvgIpc) is 2.49. The molecule has 2 aromatic rings. The fourth-order valence-corrected chi connectivity index (χ4v) is 3.16. The molecule has 22 heavy (non-hydrogen) atoms. The van der Waals surface area contributed by atoms with Gasteiger partial charge in [0.15, 0.2) is 11.3 Å². The minimum Gasteiger partial charge on any atom is -0.443 e. The molecule has 1 atom stereocenters. The zero-order valence-corrected chi connectivity index (χ0v) is 13.5. The SMILES string of the molecule is COCCC[NH+]1COc2c(Cl)cc3c(C)cc(=O)oc3c2C1. The molecule has 0 radical (unpaired) electrons. The number of fused-ring (bicyclic) bond motifs is 3. The van der Waals surface area contributed by atoms with E-state index in [1.54, 1.807) is 7.11 Å². The van der Waals surface area contributed by atoms with Gasteiger partial charge >= 0.3 is 5.63 Å². The van der Waals surface area contributed by atoms with Crippen LogP contribution in [0.2, 0.25) is 5.02 Å². The van der Waals surface area contributed by atoms with E-state index in [2.05, 4.69) is 0 Å². The molecule has 1 aromatic heterocycles. The highest BCUT2D eigenvalue weighted by atomic mass is 35.5. The maximum atomic E-state index is 11.7. The highest BCUT2D eigenvalue weighted by Gasteiger charge is 2.27. The lowest BCUT2D eigenvalue weighted by Gasteiger charge is -2.27. The lowest BCUT2D eigenvalue weighted by Crippen LogP contribution is -3.12. The fraction of sp³-hybridized carbons (Fsp3) is 0.438. The molecule has 118 valence electrons. The molecule has 0 saturated carbocycles. The quantitative estimate of drug-likeness (QED) is 0.684. The van der Waals surface area contributed by atoms with Crippen molar-refractivity contribution in [2.45, 2.75) is 19.9 Å². The van der Waals surface area contributed by atoms with Crippen LogP contribution >= 0.6 is 11.6 Å². The van der Waals surface area contributed by atoms with Crippen molar-refractivity contribution < 1.29 is 18.8 Å². The van der Waals surface area contributed by atoms with Crippen molar-refractivity contribution in [3.8, 4) is 5.75 Å². The summed E-state index contributed by atoms with van der Waals surface area (Å²) >= 11 is 6.33. The van der Waals surface area contributed by atoms with Crippen LogP contribution in [-0.2, 0) is 11.3 Å². The van der Waals surface area contributed by atoms with E-state index in [0.29, 0.717) is 23.1 Å². The van der Waals surface area contributed by atoms with Crippen molar-refractivity contribution in [2.75, 3.05) is 27.0 Å². The van der Waals surface area contributed by atoms with Crippen LogP contribution in [0.3, 0.4) is 0 Å². The Kier molecular flexibility index (Phi) is 4.38. The van der Waals surface area contributed by atoms with Gasteiger partial charge in [-0.25, -0.2) is 4.79 Å². The zero-order valence-electron chi connectivity index (χ0n) is 12.7. The van der Waals surface area contributed by atoms with Gasteiger partial charge in [0.25, 0.3) is 0 Å². The van der Waals surface area contributed by atoms with Crippen molar-refractivity contribution in [1.82, 2.24) is 0 Å². The van der Waals surface area contributed by atoms with Crippen LogP contribution in [0, 0.1) is 6.92 Å². The topological polar surface area (TPSA) is 53.1 Å². The summed E-state index contributed by atoms with van der Waals surface area (Å²) in [6.07, 6.45) is 0.950. The Morgan fingerprint density at radius 3 is 3.00 bits per heavy atom. The molecule has 3 rings (SSSR count). The molecule has 0 fully saturated rings. The molecule has 1 aromatic carbocycles. The van der Waals surface area contributed by atoms with E-state index in [0.717, 1.165) is 42.6 Å². The van der Waals surface area contributed by atoms with E-state index in [9.17, 15) is 4.79 Å². The predicted molar refractivity (Wildman–Crippen MR) is 83.8 cm³/mol. The molecule has 1 aliphatic rings. The first-order valence-electron chi connectivity index (χ1n) is 7.31. The van der Waals surface area contributed by atoms with E-state index >= 15 is 0 Å². The number of methoxy groups -OCH3 is 1. The third-order valence-electron chi connectivity index (χ3n) is 3.97. The highest BCUT2D eigenvalue weighted by Crippen LogP contribution is 2.36. The normalized spacial score (nSPS) is 17.3. The first-order valence-corrected chi connectivity index (χ1v) is 7.69. The summed E-state index contributed by atoms with van der Waals surface area (Å²) in [5.74, 6) is 0.637. The minimum atomic E-state index is -0.346. The number of rotatable bonds is 4. The molecule has 0 saturated heterocycles. The molecular weight excluding hydrogens is 306 g/mol. The van der Waals surface area contributed by atoms with Gasteiger partial charge in [0, 0.05) is 25.0 Å². The Morgan fingerprint density at radius 1 is 1.41 bits per heavy atom. The minimum absolute atomic E-state index is 0.346. The maximum absolute atomic E-state index is 11.7. The summed E-state index contributed by atoms with van der Waals surface area (Å²) < 4.78 is 16.3. The average molecular weight is 325 g/mol. The van der Waals surface area contributed by atoms with Crippen molar-refractivity contribution in [3.63, 3.8) is 0 Å². The second-order valence-corrected chi connectivity index (χ2v) is 6.01. The molecule has 0 spiro atoms. The summed E-state index contributed by atoms with van der Waals surface area (Å²) in [5, 5.41) is 1.43. The van der Waals surface area contributed by atoms with Crippen LogP contribution in [-0.4, -0.2) is 27.0 Å². The fourth-order valence-electron chi connectivity index (χ4n) is 2.88. The van der Waals surface area contributed by atoms with E-state index < -0.39 is 0 Å². The molecule has 2 heterocycles. The Labute approximate surface area is 133 Å². The monoisotopic (exact) mass is 324 g/mol. The Balaban J connectivity index is 2.02. The Bertz CT molecular complexity index is 756. The van der Waals surface area contributed by atoms with Crippen molar-refractivity contribution in [2.24, 2.45) is 0 Å². The van der Waals surface area contributed by atoms with Crippen LogP contribution < -0.4 is 15.3 Å². The standard InChI is InChI=1S/C16H18ClNO4/c1-10-6-14(19)22-15-11(10)7-13(17)16-12(15)8-18(9-21-16)4-3-5-20-2/h6-7H,3-5,8-9H2,1-2H3/p+1. The predicted octanol–water partition coefficient (Wildman–Crippen LogP) is 1.53. The van der Waals surface area contributed by atoms with Crippen LogP contribution in [0.1, 0.15) is 17.5 Å². The van der Waals surface area contributed by atoms with Crippen LogP contribution in [0.15, 0.2) is 21.3 Å². The lowest BCUT2D eigenvalue weighted by atomic mass is 10.0. The van der Waals surface area contributed by atoms with Gasteiger partial charge in [0.1, 0.15) is 6.54 Å². The molecule has 1 N–H and O–H groups in total. The number of hydrogen-bond donors (Lipinski definition) is 1. The highest BCUT2D eigenvalue weighted by molar-refractivity contribution is 6.33. The maximum Gasteiger partial charge on any atom is 0.336 e. The van der Waals surface area contributed by atoms with Gasteiger partial charge in [-0.1, -0.05) is 11.6 Å². The lowest BCUT2D eigenvalue weighted by molar-refractivity contribution is -0.932. The molecular formula is C16H19ClNO4+. The number of ether oxygens (including phenoxy) is 2. The summed E-state index contributed by atoms with van der Waals surface area (Å²) in [4.78, 5) is 13.0. The summed E-state index contributed by atoms with van der Waals surface area (Å²) in [6, 6.07) is 3.29. The van der Waals surface area contributed by atoms with Gasteiger partial charge in [-0.05, 0) is 18.6 Å². The van der Waals surface area contributed by atoms with E-state index in [1.807, 2.05) is 13.0 Å². The number of hydrogen-bond acceptors (Lipinski definition) is 4. The van der Waals surface area contributed by atoms with Gasteiger partial charge in [-0.3, -0.25) is 4.90 Å². The molecule has 0 amide bonds. The van der Waals surface area contributed by atoms with Gasteiger partial charge in [0.05, 0.1) is 23.7 Å². The van der Waals surface area contributed by atoms with E-state index in [1.165, 1.54) is 11.0 Å². The van der Waals surface area contributed by atoms with Crippen LogP contribution in [0.25, 0.3) is 11.0 Å². The number of aryl methyl sites for hydroxylation is 1. The molecule has 0 bridgehead atoms. The number of nitrogens with one attached hydrogen (secondary N) is 1. The van der Waals surface area contributed by atoms with Crippen molar-refractivity contribution >= 4 is 22.6 Å². The number of halogens is 1. The molecule has 6 heteroatoms. The Hall–Kier alpha value is -1.56. The zero-order chi connectivity index (χ0) is 15.7. The van der Waals surface area contributed by atoms with Gasteiger partial charge < -0.3 is 13.9 Å². The summed E-state index contributed by atoms with van der Waals surface area (Å²) in [7, 11) is 1.70. The van der Waals surface area contributed by atoms with Crippen LogP contribution in [0.4, 0.5) is 0 Å². The van der Waals surface area contributed by atoms with Gasteiger partial charge in [-0.2, -0.15) is 0 Å². The van der Waals surface area contributed by atoms with E-state index in [-0.39, 0.29) is 5.63 Å². The largest absolute Gasteiger partial charge is 0.443 e. The molecule has 5 nitrogen and oxygen atoms in total. The molecule has 1 aliphatic heterocycles. The number of benzene rings is 1. The van der Waals surface area contributed by atoms with E-state index in [4.69, 9.17) is 25.5 Å². The first kappa shape index (κ1) is 15.3. The third kappa shape index (κ3) is 2.84. The van der Waals surface area contributed by atoms with Crippen molar-refractivity contribution in [3.05, 3.63) is 38.7 Å². The second kappa shape index (κ2) is 6.28. The Morgan fingerprint density at radius 2 is 2.23 bits per heavy atom. The molecule has 1 unspecified atom stereocenters. The second-order valence-electron chi connectivity index (χ2n) is 5.60. The molecule has 0 aliphatic carbocycles. The van der Waals surface area contributed by atoms with Crippen LogP contribution in [0.5, 0.6) is 5.75 Å². The smallest absolute Gasteiger partial charge is 0.336 e. The van der Waals surface area contributed by atoms with Gasteiger partial charge in [-0.15, -0.1) is 0 Å².